The van der Waals surface area contributed by atoms with Crippen LogP contribution in [0.2, 0.25) is 0 Å². The van der Waals surface area contributed by atoms with E-state index in [9.17, 15) is 19.2 Å². The molecule has 1 atom stereocenters. The van der Waals surface area contributed by atoms with Crippen LogP contribution < -0.4 is 32.2 Å². The Balaban J connectivity index is 3.96. The van der Waals surface area contributed by atoms with Crippen molar-refractivity contribution < 1.29 is 38.7 Å². The number of hydrogen-bond donors (Lipinski definition) is 7. The van der Waals surface area contributed by atoms with Crippen LogP contribution in [0, 0.1) is 0 Å². The zero-order chi connectivity index (χ0) is 32.7. The molecule has 0 rings (SSSR count). The number of amides is 3. The highest BCUT2D eigenvalue weighted by Crippen LogP contribution is 2.29. The first-order valence-electron chi connectivity index (χ1n) is 14.8. The molecule has 16 heteroatoms. The topological polar surface area (TPSA) is 192 Å². The van der Waals surface area contributed by atoms with Crippen molar-refractivity contribution >= 4 is 31.4 Å². The van der Waals surface area contributed by atoms with Gasteiger partial charge in [0.2, 0.25) is 17.7 Å². The Morgan fingerprint density at radius 1 is 0.837 bits per heavy atom. The van der Waals surface area contributed by atoms with Gasteiger partial charge in [0.05, 0.1) is 5.60 Å². The second kappa shape index (κ2) is 24.4. The zero-order valence-corrected chi connectivity index (χ0v) is 27.9. The van der Waals surface area contributed by atoms with Gasteiger partial charge in [-0.05, 0) is 67.2 Å². The minimum Gasteiger partial charge on any atom is -0.478 e. The van der Waals surface area contributed by atoms with E-state index in [1.54, 1.807) is 6.66 Å². The molecule has 0 aliphatic heterocycles. The molecule has 0 spiro atoms. The molecule has 0 saturated carbocycles. The molecule has 0 aromatic heterocycles. The predicted octanol–water partition coefficient (Wildman–Crippen LogP) is 0.756. The van der Waals surface area contributed by atoms with E-state index >= 15 is 0 Å². The van der Waals surface area contributed by atoms with Crippen LogP contribution in [0.5, 0.6) is 0 Å². The number of hydroxylamine groups is 2. The molecule has 0 radical (unpaired) electrons. The Hall–Kier alpha value is -1.97. The van der Waals surface area contributed by atoms with Crippen molar-refractivity contribution in [3.63, 3.8) is 0 Å². The molecule has 252 valence electrons. The SMILES string of the molecule is CC(C)NC(=O)CN(CC(=O)NC(C)C)C(=O)CCNCONCCCOC(C)(C)CCNCONCCP(C)C(=O)O. The molecule has 7 N–H and O–H groups in total. The van der Waals surface area contributed by atoms with Gasteiger partial charge >= 0.3 is 5.71 Å². The van der Waals surface area contributed by atoms with Gasteiger partial charge in [-0.1, -0.05) is 0 Å². The molecule has 3 amide bonds. The van der Waals surface area contributed by atoms with Gasteiger partial charge in [0, 0.05) is 59.2 Å². The van der Waals surface area contributed by atoms with Crippen molar-refractivity contribution in [1.82, 2.24) is 37.1 Å². The number of carbonyl (C=O) groups is 4. The fourth-order valence-corrected chi connectivity index (χ4v) is 4.04. The van der Waals surface area contributed by atoms with E-state index in [4.69, 9.17) is 19.5 Å². The summed E-state index contributed by atoms with van der Waals surface area (Å²) in [6.45, 7) is 15.9. The lowest BCUT2D eigenvalue weighted by Crippen LogP contribution is -2.48. The van der Waals surface area contributed by atoms with E-state index in [1.807, 2.05) is 41.5 Å². The Morgan fingerprint density at radius 3 is 1.91 bits per heavy atom. The molecule has 0 aliphatic carbocycles. The standard InChI is InChI=1S/C27H56N7O8P/c1-21(2)32-23(35)17-34(18-24(36)33-22(3)4)25(37)9-12-28-19-41-30-11-8-15-40-27(5,6)10-13-29-20-42-31-14-16-43(7)26(38)39/h21-22,28-31H,8-20H2,1-7H3,(H,32,35)(H,33,36)(H,38,39). The van der Waals surface area contributed by atoms with Crippen LogP contribution in [0.3, 0.4) is 0 Å². The lowest BCUT2D eigenvalue weighted by atomic mass is 10.1. The summed E-state index contributed by atoms with van der Waals surface area (Å²) < 4.78 is 5.95. The Morgan fingerprint density at radius 2 is 1.37 bits per heavy atom. The first-order chi connectivity index (χ1) is 20.2. The van der Waals surface area contributed by atoms with Gasteiger partial charge < -0.3 is 25.4 Å². The molecule has 15 nitrogen and oxygen atoms in total. The van der Waals surface area contributed by atoms with Crippen LogP contribution in [0.15, 0.2) is 0 Å². The van der Waals surface area contributed by atoms with Crippen LogP contribution in [-0.4, -0.2) is 123 Å². The molecule has 0 heterocycles. The van der Waals surface area contributed by atoms with E-state index in [2.05, 4.69) is 32.2 Å². The number of carboxylic acid groups (broad SMARTS) is 1. The number of carbonyl (C=O) groups excluding carboxylic acids is 3. The Bertz CT molecular complexity index is 781. The number of nitrogens with one attached hydrogen (secondary N) is 6. The monoisotopic (exact) mass is 637 g/mol. The number of rotatable bonds is 27. The van der Waals surface area contributed by atoms with Gasteiger partial charge in [-0.3, -0.25) is 34.7 Å². The highest BCUT2D eigenvalue weighted by atomic mass is 31.1. The van der Waals surface area contributed by atoms with Crippen molar-refractivity contribution in [1.29, 1.82) is 0 Å². The lowest BCUT2D eigenvalue weighted by Gasteiger charge is -2.25. The van der Waals surface area contributed by atoms with E-state index < -0.39 is 13.6 Å². The molecule has 0 saturated heterocycles. The maximum absolute atomic E-state index is 12.7. The number of hydrogen-bond acceptors (Lipinski definition) is 11. The van der Waals surface area contributed by atoms with Crippen molar-refractivity contribution in [2.24, 2.45) is 0 Å². The van der Waals surface area contributed by atoms with Crippen LogP contribution in [0.1, 0.15) is 60.8 Å². The average Bonchev–Trinajstić information content (AvgIpc) is 2.89. The fraction of sp³-hybridized carbons (Fsp3) is 0.852. The summed E-state index contributed by atoms with van der Waals surface area (Å²) >= 11 is 0. The third kappa shape index (κ3) is 25.1. The summed E-state index contributed by atoms with van der Waals surface area (Å²) in [5, 5.41) is 20.5. The second-order valence-electron chi connectivity index (χ2n) is 11.2. The third-order valence-electron chi connectivity index (χ3n) is 5.68. The van der Waals surface area contributed by atoms with Crippen LogP contribution in [-0.2, 0) is 28.8 Å². The van der Waals surface area contributed by atoms with Crippen molar-refractivity contribution in [2.75, 3.05) is 72.2 Å². The highest BCUT2D eigenvalue weighted by molar-refractivity contribution is 7.73. The van der Waals surface area contributed by atoms with E-state index in [-0.39, 0.29) is 61.6 Å². The van der Waals surface area contributed by atoms with Crippen molar-refractivity contribution in [2.45, 2.75) is 78.5 Å². The quantitative estimate of drug-likeness (QED) is 0.0290. The number of nitrogens with zero attached hydrogens (tertiary/aromatic N) is 1. The van der Waals surface area contributed by atoms with E-state index in [1.165, 1.54) is 4.90 Å². The predicted molar refractivity (Wildman–Crippen MR) is 167 cm³/mol. The Labute approximate surface area is 257 Å². The van der Waals surface area contributed by atoms with Gasteiger partial charge in [0.25, 0.3) is 0 Å². The molecule has 0 fully saturated rings. The van der Waals surface area contributed by atoms with E-state index in [0.29, 0.717) is 45.7 Å². The van der Waals surface area contributed by atoms with Gasteiger partial charge in [-0.15, -0.1) is 0 Å². The summed E-state index contributed by atoms with van der Waals surface area (Å²) in [5.41, 5.74) is 4.55. The largest absolute Gasteiger partial charge is 0.478 e. The minimum atomic E-state index is -1.02. The first kappa shape index (κ1) is 41.0. The normalized spacial score (nSPS) is 12.4. The van der Waals surface area contributed by atoms with Gasteiger partial charge in [-0.2, -0.15) is 0 Å². The molecule has 43 heavy (non-hydrogen) atoms. The molecule has 0 aromatic carbocycles. The van der Waals surface area contributed by atoms with Crippen LogP contribution in [0.25, 0.3) is 0 Å². The van der Waals surface area contributed by atoms with E-state index in [0.717, 1.165) is 12.8 Å². The van der Waals surface area contributed by atoms with Gasteiger partial charge in [0.15, 0.2) is 0 Å². The second-order valence-corrected chi connectivity index (χ2v) is 13.5. The average molecular weight is 638 g/mol. The smallest absolute Gasteiger partial charge is 0.323 e. The Kier molecular flexibility index (Phi) is 23.2. The van der Waals surface area contributed by atoms with Crippen molar-refractivity contribution in [3.05, 3.63) is 0 Å². The van der Waals surface area contributed by atoms with Crippen LogP contribution in [0.4, 0.5) is 4.79 Å². The lowest BCUT2D eigenvalue weighted by molar-refractivity contribution is -0.139. The van der Waals surface area contributed by atoms with Crippen LogP contribution >= 0.6 is 7.92 Å². The first-order valence-corrected chi connectivity index (χ1v) is 16.8. The fourth-order valence-electron chi connectivity index (χ4n) is 3.42. The maximum Gasteiger partial charge on any atom is 0.323 e. The highest BCUT2D eigenvalue weighted by Gasteiger charge is 2.21. The molecular formula is C27H56N7O8P. The van der Waals surface area contributed by atoms with Gasteiger partial charge in [0.1, 0.15) is 26.6 Å². The number of ether oxygens (including phenoxy) is 1. The molecule has 0 bridgehead atoms. The summed E-state index contributed by atoms with van der Waals surface area (Å²) in [5.74, 6) is -0.933. The summed E-state index contributed by atoms with van der Waals surface area (Å²) in [4.78, 5) is 59.7. The summed E-state index contributed by atoms with van der Waals surface area (Å²) in [6.07, 6.45) is 2.19. The molecule has 0 aliphatic rings. The molecule has 0 aromatic rings. The minimum absolute atomic E-state index is 0.0650. The van der Waals surface area contributed by atoms with Gasteiger partial charge in [-0.25, -0.2) is 15.8 Å². The summed E-state index contributed by atoms with van der Waals surface area (Å²) in [7, 11) is -1.02. The third-order valence-corrected chi connectivity index (χ3v) is 7.23. The molecular weight excluding hydrogens is 581 g/mol. The molecule has 1 unspecified atom stereocenters. The maximum atomic E-state index is 12.7. The summed E-state index contributed by atoms with van der Waals surface area (Å²) in [6, 6.07) is -0.130. The zero-order valence-electron chi connectivity index (χ0n) is 27.0. The van der Waals surface area contributed by atoms with Crippen molar-refractivity contribution in [3.8, 4) is 0 Å².